The molecule has 160 valence electrons. The normalized spacial score (nSPS) is 14.0. The Morgan fingerprint density at radius 1 is 0.862 bits per heavy atom. The third-order valence-corrected chi connectivity index (χ3v) is 5.50. The molecule has 0 saturated carbocycles. The maximum Gasteiger partial charge on any atom is 0.469 e. The SMILES string of the molecule is CCCc1ccc(CCc2ccc(CCC(N)(CO)COP(=O)(O)O)cc2)cc1. The third kappa shape index (κ3) is 8.79. The van der Waals surface area contributed by atoms with Crippen LogP contribution in [-0.2, 0) is 34.8 Å². The van der Waals surface area contributed by atoms with Gasteiger partial charge in [-0.05, 0) is 54.4 Å². The van der Waals surface area contributed by atoms with Crippen LogP contribution in [0.25, 0.3) is 0 Å². The molecule has 5 N–H and O–H groups in total. The number of phosphoric acid groups is 1. The van der Waals surface area contributed by atoms with Gasteiger partial charge >= 0.3 is 7.82 Å². The van der Waals surface area contributed by atoms with Crippen molar-refractivity contribution in [3.63, 3.8) is 0 Å². The van der Waals surface area contributed by atoms with Gasteiger partial charge in [-0.15, -0.1) is 0 Å². The first-order valence-corrected chi connectivity index (χ1v) is 11.5. The Morgan fingerprint density at radius 2 is 1.28 bits per heavy atom. The first-order chi connectivity index (χ1) is 13.7. The van der Waals surface area contributed by atoms with Gasteiger partial charge in [-0.3, -0.25) is 4.52 Å². The minimum atomic E-state index is -4.61. The van der Waals surface area contributed by atoms with Crippen molar-refractivity contribution in [2.75, 3.05) is 13.2 Å². The van der Waals surface area contributed by atoms with Gasteiger partial charge in [-0.25, -0.2) is 4.57 Å². The number of aryl methyl sites for hydroxylation is 4. The summed E-state index contributed by atoms with van der Waals surface area (Å²) in [5, 5.41) is 9.47. The zero-order chi connectivity index (χ0) is 21.3. The molecule has 0 amide bonds. The van der Waals surface area contributed by atoms with Crippen LogP contribution in [0, 0.1) is 0 Å². The summed E-state index contributed by atoms with van der Waals surface area (Å²) < 4.78 is 15.3. The van der Waals surface area contributed by atoms with Crippen LogP contribution >= 0.6 is 7.82 Å². The van der Waals surface area contributed by atoms with Gasteiger partial charge in [0.15, 0.2) is 0 Å². The van der Waals surface area contributed by atoms with Crippen molar-refractivity contribution in [3.05, 3.63) is 70.8 Å². The lowest BCUT2D eigenvalue weighted by molar-refractivity contribution is 0.102. The molecule has 2 aromatic rings. The molecule has 0 bridgehead atoms. The highest BCUT2D eigenvalue weighted by Gasteiger charge is 2.28. The Hall–Kier alpha value is -1.53. The monoisotopic (exact) mass is 421 g/mol. The molecular formula is C22H32NO5P. The van der Waals surface area contributed by atoms with E-state index in [4.69, 9.17) is 15.5 Å². The molecule has 0 saturated heterocycles. The standard InChI is InChI=1S/C22H32NO5P/c1-2-3-18-4-6-19(7-5-18)8-9-20-10-12-21(13-11-20)14-15-22(23,16-24)17-28-29(25,26)27/h4-7,10-13,24H,2-3,8-9,14-17,23H2,1H3,(H2,25,26,27). The molecule has 7 heteroatoms. The summed E-state index contributed by atoms with van der Waals surface area (Å²) in [7, 11) is -4.61. The molecule has 2 rings (SSSR count). The topological polar surface area (TPSA) is 113 Å². The van der Waals surface area contributed by atoms with Crippen LogP contribution in [0.15, 0.2) is 48.5 Å². The van der Waals surface area contributed by atoms with Gasteiger partial charge < -0.3 is 20.6 Å². The number of hydrogen-bond acceptors (Lipinski definition) is 4. The summed E-state index contributed by atoms with van der Waals surface area (Å²) in [6.45, 7) is 1.37. The van der Waals surface area contributed by atoms with Crippen LogP contribution in [0.5, 0.6) is 0 Å². The van der Waals surface area contributed by atoms with E-state index in [0.29, 0.717) is 12.8 Å². The Bertz CT molecular complexity index is 788. The molecule has 0 radical (unpaired) electrons. The molecule has 0 fully saturated rings. The fourth-order valence-electron chi connectivity index (χ4n) is 3.13. The van der Waals surface area contributed by atoms with E-state index in [1.54, 1.807) is 0 Å². The van der Waals surface area contributed by atoms with Crippen molar-refractivity contribution < 1.29 is 24.0 Å². The van der Waals surface area contributed by atoms with Crippen molar-refractivity contribution in [1.29, 1.82) is 0 Å². The average Bonchev–Trinajstić information content (AvgIpc) is 2.71. The summed E-state index contributed by atoms with van der Waals surface area (Å²) >= 11 is 0. The minimum absolute atomic E-state index is 0.354. The van der Waals surface area contributed by atoms with Gasteiger partial charge in [0.05, 0.1) is 18.8 Å². The number of phosphoric ester groups is 1. The number of aliphatic hydroxyl groups excluding tert-OH is 1. The molecule has 0 aliphatic heterocycles. The highest BCUT2D eigenvalue weighted by atomic mass is 31.2. The molecule has 0 aliphatic rings. The van der Waals surface area contributed by atoms with Crippen LogP contribution in [0.4, 0.5) is 0 Å². The van der Waals surface area contributed by atoms with Crippen molar-refractivity contribution in [2.24, 2.45) is 5.73 Å². The van der Waals surface area contributed by atoms with Crippen molar-refractivity contribution in [1.82, 2.24) is 0 Å². The number of hydrogen-bond donors (Lipinski definition) is 4. The Labute approximate surface area is 173 Å². The molecule has 0 spiro atoms. The maximum absolute atomic E-state index is 10.9. The van der Waals surface area contributed by atoms with Gasteiger partial charge in [-0.1, -0.05) is 61.9 Å². The van der Waals surface area contributed by atoms with Crippen LogP contribution in [0.2, 0.25) is 0 Å². The van der Waals surface area contributed by atoms with E-state index in [2.05, 4.69) is 47.8 Å². The van der Waals surface area contributed by atoms with E-state index in [1.807, 2.05) is 12.1 Å². The summed E-state index contributed by atoms with van der Waals surface area (Å²) in [4.78, 5) is 17.6. The van der Waals surface area contributed by atoms with Crippen molar-refractivity contribution in [2.45, 2.75) is 51.0 Å². The maximum atomic E-state index is 10.9. The third-order valence-electron chi connectivity index (χ3n) is 5.03. The molecule has 0 aliphatic carbocycles. The van der Waals surface area contributed by atoms with Gasteiger partial charge in [-0.2, -0.15) is 0 Å². The van der Waals surface area contributed by atoms with E-state index in [9.17, 15) is 9.67 Å². The molecule has 0 aromatic heterocycles. The Morgan fingerprint density at radius 3 is 1.66 bits per heavy atom. The molecule has 29 heavy (non-hydrogen) atoms. The fraction of sp³-hybridized carbons (Fsp3) is 0.455. The first kappa shape index (κ1) is 23.7. The highest BCUT2D eigenvalue weighted by molar-refractivity contribution is 7.46. The molecule has 0 heterocycles. The molecule has 2 aromatic carbocycles. The molecule has 1 atom stereocenters. The fourth-order valence-corrected chi connectivity index (χ4v) is 3.55. The second kappa shape index (κ2) is 11.0. The number of rotatable bonds is 12. The summed E-state index contributed by atoms with van der Waals surface area (Å²) in [6, 6.07) is 17.1. The van der Waals surface area contributed by atoms with Crippen molar-refractivity contribution in [3.8, 4) is 0 Å². The van der Waals surface area contributed by atoms with Crippen molar-refractivity contribution >= 4 is 7.82 Å². The summed E-state index contributed by atoms with van der Waals surface area (Å²) in [5.74, 6) is 0. The van der Waals surface area contributed by atoms with Gasteiger partial charge in [0.1, 0.15) is 0 Å². The predicted octanol–water partition coefficient (Wildman–Crippen LogP) is 3.16. The van der Waals surface area contributed by atoms with Crippen LogP contribution in [0.1, 0.15) is 42.0 Å². The zero-order valence-corrected chi connectivity index (χ0v) is 17.9. The zero-order valence-electron chi connectivity index (χ0n) is 17.0. The first-order valence-electron chi connectivity index (χ1n) is 9.98. The van der Waals surface area contributed by atoms with Gasteiger partial charge in [0.2, 0.25) is 0 Å². The lowest BCUT2D eigenvalue weighted by Gasteiger charge is -2.27. The molecular weight excluding hydrogens is 389 g/mol. The minimum Gasteiger partial charge on any atom is -0.394 e. The van der Waals surface area contributed by atoms with E-state index >= 15 is 0 Å². The number of nitrogens with two attached hydrogens (primary N) is 1. The smallest absolute Gasteiger partial charge is 0.394 e. The highest BCUT2D eigenvalue weighted by Crippen LogP contribution is 2.36. The largest absolute Gasteiger partial charge is 0.469 e. The molecule has 6 nitrogen and oxygen atoms in total. The van der Waals surface area contributed by atoms with Crippen LogP contribution < -0.4 is 5.73 Å². The Kier molecular flexibility index (Phi) is 9.03. The number of aliphatic hydroxyl groups is 1. The quantitative estimate of drug-likeness (QED) is 0.392. The van der Waals surface area contributed by atoms with Crippen LogP contribution in [0.3, 0.4) is 0 Å². The van der Waals surface area contributed by atoms with E-state index in [-0.39, 0.29) is 0 Å². The predicted molar refractivity (Wildman–Crippen MR) is 115 cm³/mol. The lowest BCUT2D eigenvalue weighted by Crippen LogP contribution is -2.48. The lowest BCUT2D eigenvalue weighted by atomic mass is 9.93. The second-order valence-electron chi connectivity index (χ2n) is 7.67. The average molecular weight is 421 g/mol. The molecule has 1 unspecified atom stereocenters. The Balaban J connectivity index is 1.83. The summed E-state index contributed by atoms with van der Waals surface area (Å²) in [6.07, 6.45) is 5.16. The van der Waals surface area contributed by atoms with Gasteiger partial charge in [0, 0.05) is 0 Å². The van der Waals surface area contributed by atoms with E-state index in [0.717, 1.165) is 31.2 Å². The second-order valence-corrected chi connectivity index (χ2v) is 8.91. The van der Waals surface area contributed by atoms with Crippen LogP contribution in [-0.4, -0.2) is 33.6 Å². The number of benzene rings is 2. The van der Waals surface area contributed by atoms with Gasteiger partial charge in [0.25, 0.3) is 0 Å². The summed E-state index contributed by atoms with van der Waals surface area (Å²) in [5.41, 5.74) is 9.82. The van der Waals surface area contributed by atoms with E-state index < -0.39 is 26.6 Å². The van der Waals surface area contributed by atoms with E-state index in [1.165, 1.54) is 16.7 Å².